The highest BCUT2D eigenvalue weighted by atomic mass is 16.5. The van der Waals surface area contributed by atoms with E-state index in [0.717, 1.165) is 39.4 Å². The van der Waals surface area contributed by atoms with E-state index in [1.807, 2.05) is 0 Å². The molecular formula is C15H30N2O2. The van der Waals surface area contributed by atoms with Crippen molar-refractivity contribution in [3.8, 4) is 0 Å². The Morgan fingerprint density at radius 2 is 2.37 bits per heavy atom. The largest absolute Gasteiger partial charge is 0.396 e. The summed E-state index contributed by atoms with van der Waals surface area (Å²) in [5.41, 5.74) is 0.298. The molecule has 4 nitrogen and oxygen atoms in total. The Kier molecular flexibility index (Phi) is 6.07. The van der Waals surface area contributed by atoms with Crippen molar-refractivity contribution in [1.82, 2.24) is 10.2 Å². The lowest BCUT2D eigenvalue weighted by Gasteiger charge is -2.38. The van der Waals surface area contributed by atoms with E-state index in [2.05, 4.69) is 17.1 Å². The van der Waals surface area contributed by atoms with Gasteiger partial charge in [0.15, 0.2) is 0 Å². The van der Waals surface area contributed by atoms with Gasteiger partial charge in [0.2, 0.25) is 0 Å². The lowest BCUT2D eigenvalue weighted by atomic mass is 9.85. The monoisotopic (exact) mass is 270 g/mol. The molecule has 2 rings (SSSR count). The SMILES string of the molecule is CCCNCC1(CN2CCCC(CO)C2)CCOC1. The van der Waals surface area contributed by atoms with Gasteiger partial charge in [-0.25, -0.2) is 0 Å². The molecule has 4 heteroatoms. The molecule has 0 amide bonds. The van der Waals surface area contributed by atoms with E-state index in [0.29, 0.717) is 17.9 Å². The molecule has 0 saturated carbocycles. The van der Waals surface area contributed by atoms with Crippen LogP contribution >= 0.6 is 0 Å². The van der Waals surface area contributed by atoms with E-state index in [9.17, 15) is 5.11 Å². The summed E-state index contributed by atoms with van der Waals surface area (Å²) in [5, 5.41) is 12.9. The first-order valence-electron chi connectivity index (χ1n) is 7.90. The number of likely N-dealkylation sites (tertiary alicyclic amines) is 1. The van der Waals surface area contributed by atoms with Gasteiger partial charge >= 0.3 is 0 Å². The fourth-order valence-electron chi connectivity index (χ4n) is 3.42. The molecule has 2 unspecified atom stereocenters. The third-order valence-corrected chi connectivity index (χ3v) is 4.53. The van der Waals surface area contributed by atoms with Crippen molar-refractivity contribution in [2.24, 2.45) is 11.3 Å². The van der Waals surface area contributed by atoms with Gasteiger partial charge in [-0.15, -0.1) is 0 Å². The Morgan fingerprint density at radius 1 is 1.47 bits per heavy atom. The minimum atomic E-state index is 0.298. The minimum Gasteiger partial charge on any atom is -0.396 e. The molecule has 0 bridgehead atoms. The van der Waals surface area contributed by atoms with Crippen LogP contribution in [0.1, 0.15) is 32.6 Å². The first kappa shape index (κ1) is 15.2. The molecule has 0 aromatic rings. The molecule has 2 N–H and O–H groups in total. The van der Waals surface area contributed by atoms with Crippen LogP contribution in [0, 0.1) is 11.3 Å². The zero-order valence-corrected chi connectivity index (χ0v) is 12.4. The molecule has 2 saturated heterocycles. The zero-order valence-electron chi connectivity index (χ0n) is 12.4. The van der Waals surface area contributed by atoms with Crippen molar-refractivity contribution < 1.29 is 9.84 Å². The topological polar surface area (TPSA) is 44.7 Å². The maximum Gasteiger partial charge on any atom is 0.0547 e. The Hall–Kier alpha value is -0.160. The Bertz CT molecular complexity index is 255. The number of piperidine rings is 1. The molecule has 2 fully saturated rings. The molecule has 0 spiro atoms. The molecule has 0 radical (unpaired) electrons. The van der Waals surface area contributed by atoms with E-state index < -0.39 is 0 Å². The van der Waals surface area contributed by atoms with Crippen molar-refractivity contribution in [2.45, 2.75) is 32.6 Å². The number of ether oxygens (including phenoxy) is 1. The van der Waals surface area contributed by atoms with E-state index in [4.69, 9.17) is 4.74 Å². The van der Waals surface area contributed by atoms with Crippen LogP contribution in [0.2, 0.25) is 0 Å². The molecule has 2 heterocycles. The first-order chi connectivity index (χ1) is 9.28. The van der Waals surface area contributed by atoms with Gasteiger partial charge in [0.25, 0.3) is 0 Å². The van der Waals surface area contributed by atoms with Crippen molar-refractivity contribution in [2.75, 3.05) is 52.5 Å². The lowest BCUT2D eigenvalue weighted by Crippen LogP contribution is -2.48. The maximum absolute atomic E-state index is 9.34. The molecule has 0 aromatic carbocycles. The summed E-state index contributed by atoms with van der Waals surface area (Å²) in [6, 6.07) is 0. The van der Waals surface area contributed by atoms with Crippen molar-refractivity contribution in [3.63, 3.8) is 0 Å². The molecule has 2 aliphatic rings. The zero-order chi connectivity index (χ0) is 13.6. The number of nitrogens with one attached hydrogen (secondary N) is 1. The van der Waals surface area contributed by atoms with Gasteiger partial charge in [-0.1, -0.05) is 6.92 Å². The summed E-state index contributed by atoms with van der Waals surface area (Å²) in [7, 11) is 0. The Labute approximate surface area is 117 Å². The average Bonchev–Trinajstić information content (AvgIpc) is 2.88. The van der Waals surface area contributed by atoms with Gasteiger partial charge in [0, 0.05) is 38.3 Å². The van der Waals surface area contributed by atoms with E-state index in [-0.39, 0.29) is 0 Å². The van der Waals surface area contributed by atoms with Crippen LogP contribution in [0.15, 0.2) is 0 Å². The van der Waals surface area contributed by atoms with Gasteiger partial charge < -0.3 is 20.1 Å². The van der Waals surface area contributed by atoms with Gasteiger partial charge in [0.05, 0.1) is 6.61 Å². The third kappa shape index (κ3) is 4.42. The van der Waals surface area contributed by atoms with Crippen LogP contribution in [0.4, 0.5) is 0 Å². The summed E-state index contributed by atoms with van der Waals surface area (Å²) in [5.74, 6) is 0.483. The smallest absolute Gasteiger partial charge is 0.0547 e. The second-order valence-electron chi connectivity index (χ2n) is 6.41. The lowest BCUT2D eigenvalue weighted by molar-refractivity contribution is 0.0666. The summed E-state index contributed by atoms with van der Waals surface area (Å²) < 4.78 is 5.67. The maximum atomic E-state index is 9.34. The molecule has 0 aromatic heterocycles. The van der Waals surface area contributed by atoms with E-state index in [1.165, 1.54) is 32.2 Å². The average molecular weight is 270 g/mol. The van der Waals surface area contributed by atoms with Crippen molar-refractivity contribution in [3.05, 3.63) is 0 Å². The number of hydrogen-bond donors (Lipinski definition) is 2. The molecule has 19 heavy (non-hydrogen) atoms. The van der Waals surface area contributed by atoms with Crippen LogP contribution in [0.5, 0.6) is 0 Å². The minimum absolute atomic E-state index is 0.298. The van der Waals surface area contributed by atoms with Crippen LogP contribution in [-0.2, 0) is 4.74 Å². The third-order valence-electron chi connectivity index (χ3n) is 4.53. The summed E-state index contributed by atoms with van der Waals surface area (Å²) in [6.07, 6.45) is 4.77. The molecule has 0 aliphatic carbocycles. The van der Waals surface area contributed by atoms with Crippen LogP contribution < -0.4 is 5.32 Å². The van der Waals surface area contributed by atoms with Crippen LogP contribution in [0.3, 0.4) is 0 Å². The number of rotatable bonds is 7. The summed E-state index contributed by atoms with van der Waals surface area (Å²) >= 11 is 0. The molecule has 2 aliphatic heterocycles. The molecule has 112 valence electrons. The predicted molar refractivity (Wildman–Crippen MR) is 77.3 cm³/mol. The summed E-state index contributed by atoms with van der Waals surface area (Å²) in [6.45, 7) is 9.89. The van der Waals surface area contributed by atoms with Crippen molar-refractivity contribution >= 4 is 0 Å². The molecule has 2 atom stereocenters. The fourth-order valence-corrected chi connectivity index (χ4v) is 3.42. The number of nitrogens with zero attached hydrogens (tertiary/aromatic N) is 1. The first-order valence-corrected chi connectivity index (χ1v) is 7.90. The summed E-state index contributed by atoms with van der Waals surface area (Å²) in [4.78, 5) is 2.55. The highest BCUT2D eigenvalue weighted by Crippen LogP contribution is 2.30. The van der Waals surface area contributed by atoms with Gasteiger partial charge in [-0.2, -0.15) is 0 Å². The second kappa shape index (κ2) is 7.58. The van der Waals surface area contributed by atoms with E-state index >= 15 is 0 Å². The standard InChI is InChI=1S/C15H30N2O2/c1-2-6-16-11-15(5-8-19-13-15)12-17-7-3-4-14(9-17)10-18/h14,16,18H,2-13H2,1H3. The van der Waals surface area contributed by atoms with Gasteiger partial charge in [0.1, 0.15) is 0 Å². The number of aliphatic hydroxyl groups excluding tert-OH is 1. The van der Waals surface area contributed by atoms with Gasteiger partial charge in [-0.3, -0.25) is 0 Å². The number of hydrogen-bond acceptors (Lipinski definition) is 4. The van der Waals surface area contributed by atoms with Crippen molar-refractivity contribution in [1.29, 1.82) is 0 Å². The van der Waals surface area contributed by atoms with Gasteiger partial charge in [-0.05, 0) is 44.7 Å². The highest BCUT2D eigenvalue weighted by molar-refractivity contribution is 4.89. The molecular weight excluding hydrogens is 240 g/mol. The quantitative estimate of drug-likeness (QED) is 0.680. The fraction of sp³-hybridized carbons (Fsp3) is 1.00. The predicted octanol–water partition coefficient (Wildman–Crippen LogP) is 1.10. The number of aliphatic hydroxyl groups is 1. The Morgan fingerprint density at radius 3 is 3.05 bits per heavy atom. The second-order valence-corrected chi connectivity index (χ2v) is 6.41. The highest BCUT2D eigenvalue weighted by Gasteiger charge is 2.37. The van der Waals surface area contributed by atoms with Crippen LogP contribution in [-0.4, -0.2) is 62.6 Å². The van der Waals surface area contributed by atoms with E-state index in [1.54, 1.807) is 0 Å². The normalized spacial score (nSPS) is 32.8. The Balaban J connectivity index is 1.85. The van der Waals surface area contributed by atoms with Crippen LogP contribution in [0.25, 0.3) is 0 Å².